The number of hydrogen-bond acceptors (Lipinski definition) is 5. The third kappa shape index (κ3) is 8.33. The minimum Gasteiger partial charge on any atom is -0.496 e. The second-order valence-electron chi connectivity index (χ2n) is 6.76. The van der Waals surface area contributed by atoms with E-state index in [-0.39, 0.29) is 36.3 Å². The van der Waals surface area contributed by atoms with Crippen molar-refractivity contribution < 1.29 is 40.6 Å². The Bertz CT molecular complexity index is 876. The van der Waals surface area contributed by atoms with E-state index in [1.165, 1.54) is 43.5 Å². The van der Waals surface area contributed by atoms with Gasteiger partial charge >= 0.3 is 12.7 Å². The molecule has 1 heterocycles. The molecule has 1 atom stereocenters. The quantitative estimate of drug-likeness (QED) is 0.519. The van der Waals surface area contributed by atoms with Crippen LogP contribution < -0.4 is 19.5 Å². The summed E-state index contributed by atoms with van der Waals surface area (Å²) in [6.07, 6.45) is -9.66. The van der Waals surface area contributed by atoms with Crippen LogP contribution in [0.4, 0.5) is 26.3 Å². The van der Waals surface area contributed by atoms with Crippen LogP contribution in [0.3, 0.4) is 0 Å². The van der Waals surface area contributed by atoms with Crippen LogP contribution in [-0.4, -0.2) is 50.9 Å². The Kier molecular flexibility index (Phi) is 10.4. The summed E-state index contributed by atoms with van der Waals surface area (Å²) in [5.74, 6) is -0.627. The molecule has 33 heavy (non-hydrogen) atoms. The molecule has 1 saturated heterocycles. The van der Waals surface area contributed by atoms with Gasteiger partial charge in [-0.15, -0.1) is 51.2 Å². The van der Waals surface area contributed by atoms with E-state index in [2.05, 4.69) is 19.7 Å². The van der Waals surface area contributed by atoms with Crippen LogP contribution in [-0.2, 0) is 0 Å². The maximum Gasteiger partial charge on any atom is 0.573 e. The number of piperazine rings is 1. The van der Waals surface area contributed by atoms with Gasteiger partial charge in [0.1, 0.15) is 17.2 Å². The van der Waals surface area contributed by atoms with Crippen molar-refractivity contribution in [2.24, 2.45) is 0 Å². The number of methoxy groups -OCH3 is 1. The zero-order chi connectivity index (χ0) is 22.6. The standard InChI is InChI=1S/C20H20F6N2O3.2ClH/c1-29-17-12-15(31-20(24,25)26)6-7-16(17)18(28-10-8-27-9-11-28)13-2-4-14(5-3-13)30-19(21,22)23;;/h2-7,12,18,27H,8-11H2,1H3;2*1H/t18-;;/m0../s1. The molecule has 0 unspecified atom stereocenters. The van der Waals surface area contributed by atoms with Gasteiger partial charge < -0.3 is 19.5 Å². The van der Waals surface area contributed by atoms with Crippen molar-refractivity contribution in [1.29, 1.82) is 0 Å². The van der Waals surface area contributed by atoms with Gasteiger partial charge in [-0.25, -0.2) is 0 Å². The van der Waals surface area contributed by atoms with Crippen molar-refractivity contribution in [3.05, 3.63) is 53.6 Å². The fourth-order valence-electron chi connectivity index (χ4n) is 3.49. The molecule has 0 aromatic heterocycles. The zero-order valence-corrected chi connectivity index (χ0v) is 18.8. The molecule has 0 bridgehead atoms. The number of nitrogens with one attached hydrogen (secondary N) is 1. The summed E-state index contributed by atoms with van der Waals surface area (Å²) < 4.78 is 88.3. The summed E-state index contributed by atoms with van der Waals surface area (Å²) in [5, 5.41) is 3.21. The first-order chi connectivity index (χ1) is 14.6. The number of benzene rings is 2. The summed E-state index contributed by atoms with van der Waals surface area (Å²) in [5.41, 5.74) is 1.20. The van der Waals surface area contributed by atoms with Gasteiger partial charge in [0, 0.05) is 37.8 Å². The Balaban J connectivity index is 0.00000272. The molecule has 0 aliphatic carbocycles. The first kappa shape index (κ1) is 29.0. The van der Waals surface area contributed by atoms with Crippen molar-refractivity contribution in [2.75, 3.05) is 33.3 Å². The van der Waals surface area contributed by atoms with Gasteiger partial charge in [-0.3, -0.25) is 4.90 Å². The monoisotopic (exact) mass is 522 g/mol. The Morgan fingerprint density at radius 3 is 1.85 bits per heavy atom. The predicted octanol–water partition coefficient (Wildman–Crippen LogP) is 5.33. The van der Waals surface area contributed by atoms with Crippen molar-refractivity contribution in [2.45, 2.75) is 18.8 Å². The third-order valence-corrected chi connectivity index (χ3v) is 4.68. The molecular formula is C20H22Cl2F6N2O3. The lowest BCUT2D eigenvalue weighted by Crippen LogP contribution is -2.45. The first-order valence-electron chi connectivity index (χ1n) is 9.30. The lowest BCUT2D eigenvalue weighted by molar-refractivity contribution is -0.275. The fourth-order valence-corrected chi connectivity index (χ4v) is 3.49. The van der Waals surface area contributed by atoms with E-state index in [0.717, 1.165) is 6.07 Å². The van der Waals surface area contributed by atoms with E-state index >= 15 is 0 Å². The lowest BCUT2D eigenvalue weighted by Gasteiger charge is -2.36. The third-order valence-electron chi connectivity index (χ3n) is 4.68. The smallest absolute Gasteiger partial charge is 0.496 e. The molecule has 0 spiro atoms. The number of halogens is 8. The minimum absolute atomic E-state index is 0. The highest BCUT2D eigenvalue weighted by Gasteiger charge is 2.33. The van der Waals surface area contributed by atoms with Gasteiger partial charge in [0.15, 0.2) is 0 Å². The number of alkyl halides is 6. The van der Waals surface area contributed by atoms with Gasteiger partial charge in [0.25, 0.3) is 0 Å². The summed E-state index contributed by atoms with van der Waals surface area (Å²) in [7, 11) is 1.32. The molecule has 1 fully saturated rings. The van der Waals surface area contributed by atoms with Crippen molar-refractivity contribution >= 4 is 24.8 Å². The summed E-state index contributed by atoms with van der Waals surface area (Å²) in [4.78, 5) is 2.07. The van der Waals surface area contributed by atoms with Crippen LogP contribution in [0.1, 0.15) is 17.2 Å². The molecule has 2 aromatic rings. The Hall–Kier alpha value is -2.08. The Labute approximate surface area is 198 Å². The highest BCUT2D eigenvalue weighted by atomic mass is 35.5. The molecule has 3 rings (SSSR count). The first-order valence-corrected chi connectivity index (χ1v) is 9.30. The molecule has 5 nitrogen and oxygen atoms in total. The average molecular weight is 523 g/mol. The van der Waals surface area contributed by atoms with E-state index < -0.39 is 24.5 Å². The van der Waals surface area contributed by atoms with Crippen LogP contribution in [0.2, 0.25) is 0 Å². The second-order valence-corrected chi connectivity index (χ2v) is 6.76. The Morgan fingerprint density at radius 1 is 0.818 bits per heavy atom. The van der Waals surface area contributed by atoms with Crippen molar-refractivity contribution in [3.8, 4) is 17.2 Å². The maximum atomic E-state index is 12.6. The van der Waals surface area contributed by atoms with Crippen LogP contribution in [0.5, 0.6) is 17.2 Å². The van der Waals surface area contributed by atoms with Crippen LogP contribution in [0.15, 0.2) is 42.5 Å². The van der Waals surface area contributed by atoms with E-state index in [1.807, 2.05) is 0 Å². The highest BCUT2D eigenvalue weighted by molar-refractivity contribution is 5.85. The summed E-state index contributed by atoms with van der Waals surface area (Å²) in [6, 6.07) is 8.71. The van der Waals surface area contributed by atoms with Gasteiger partial charge in [0.05, 0.1) is 13.2 Å². The number of nitrogens with zero attached hydrogens (tertiary/aromatic N) is 1. The predicted molar refractivity (Wildman–Crippen MR) is 114 cm³/mol. The van der Waals surface area contributed by atoms with Gasteiger partial charge in [-0.1, -0.05) is 12.1 Å². The molecule has 1 aliphatic heterocycles. The topological polar surface area (TPSA) is 43.0 Å². The summed E-state index contributed by atoms with van der Waals surface area (Å²) in [6.45, 7) is 2.61. The molecular weight excluding hydrogens is 501 g/mol. The normalized spacial score (nSPS) is 15.6. The SMILES string of the molecule is COc1cc(OC(F)(F)F)ccc1[C@H](c1ccc(OC(F)(F)F)cc1)N1CCNCC1.Cl.Cl. The van der Waals surface area contributed by atoms with Crippen LogP contribution in [0, 0.1) is 0 Å². The zero-order valence-electron chi connectivity index (χ0n) is 17.2. The summed E-state index contributed by atoms with van der Waals surface area (Å²) >= 11 is 0. The van der Waals surface area contributed by atoms with Gasteiger partial charge in [-0.2, -0.15) is 0 Å². The molecule has 1 N–H and O–H groups in total. The molecule has 0 saturated carbocycles. The average Bonchev–Trinajstić information content (AvgIpc) is 2.69. The van der Waals surface area contributed by atoms with E-state index in [1.54, 1.807) is 0 Å². The highest BCUT2D eigenvalue weighted by Crippen LogP contribution is 2.38. The Morgan fingerprint density at radius 2 is 1.33 bits per heavy atom. The molecule has 2 aromatic carbocycles. The molecule has 0 amide bonds. The van der Waals surface area contributed by atoms with E-state index in [0.29, 0.717) is 37.3 Å². The minimum atomic E-state index is -4.85. The van der Waals surface area contributed by atoms with Crippen LogP contribution in [0.25, 0.3) is 0 Å². The van der Waals surface area contributed by atoms with Crippen molar-refractivity contribution in [3.63, 3.8) is 0 Å². The largest absolute Gasteiger partial charge is 0.573 e. The van der Waals surface area contributed by atoms with Crippen LogP contribution >= 0.6 is 24.8 Å². The number of hydrogen-bond donors (Lipinski definition) is 1. The second kappa shape index (κ2) is 11.9. The number of ether oxygens (including phenoxy) is 3. The molecule has 13 heteroatoms. The number of rotatable bonds is 6. The van der Waals surface area contributed by atoms with Gasteiger partial charge in [-0.05, 0) is 29.8 Å². The maximum absolute atomic E-state index is 12.6. The lowest BCUT2D eigenvalue weighted by atomic mass is 9.95. The van der Waals surface area contributed by atoms with Gasteiger partial charge in [0.2, 0.25) is 0 Å². The van der Waals surface area contributed by atoms with E-state index in [4.69, 9.17) is 4.74 Å². The van der Waals surface area contributed by atoms with E-state index in [9.17, 15) is 26.3 Å². The van der Waals surface area contributed by atoms with Crippen molar-refractivity contribution in [1.82, 2.24) is 10.2 Å². The molecule has 0 radical (unpaired) electrons. The molecule has 186 valence electrons. The molecule has 1 aliphatic rings. The fraction of sp³-hybridized carbons (Fsp3) is 0.400.